The zero-order valence-electron chi connectivity index (χ0n) is 14.3. The van der Waals surface area contributed by atoms with Crippen molar-refractivity contribution in [3.05, 3.63) is 53.3 Å². The molecule has 6 heteroatoms. The van der Waals surface area contributed by atoms with Gasteiger partial charge in [-0.1, -0.05) is 30.3 Å². The third-order valence-electron chi connectivity index (χ3n) is 4.50. The van der Waals surface area contributed by atoms with Crippen molar-refractivity contribution in [1.82, 2.24) is 19.6 Å². The summed E-state index contributed by atoms with van der Waals surface area (Å²) in [5.74, 6) is 0.0123. The van der Waals surface area contributed by atoms with E-state index in [1.165, 1.54) is 0 Å². The third-order valence-corrected chi connectivity index (χ3v) is 4.50. The van der Waals surface area contributed by atoms with Gasteiger partial charge in [-0.2, -0.15) is 5.10 Å². The zero-order chi connectivity index (χ0) is 17.3. The summed E-state index contributed by atoms with van der Waals surface area (Å²) in [5, 5.41) is 4.25. The second-order valence-corrected chi connectivity index (χ2v) is 6.19. The summed E-state index contributed by atoms with van der Waals surface area (Å²) in [6.45, 7) is 5.00. The van der Waals surface area contributed by atoms with E-state index in [2.05, 4.69) is 5.10 Å². The molecule has 0 spiro atoms. The minimum Gasteiger partial charge on any atom is -0.334 e. The first-order valence-corrected chi connectivity index (χ1v) is 8.09. The normalized spacial score (nSPS) is 17.9. The van der Waals surface area contributed by atoms with Crippen LogP contribution < -0.4 is 0 Å². The number of carbonyl (C=O) groups is 2. The number of benzene rings is 1. The number of nitrogens with zero attached hydrogens (tertiary/aromatic N) is 4. The van der Waals surface area contributed by atoms with E-state index in [0.29, 0.717) is 25.2 Å². The van der Waals surface area contributed by atoms with Gasteiger partial charge in [-0.3, -0.25) is 14.3 Å². The average Bonchev–Trinajstić information content (AvgIpc) is 2.92. The van der Waals surface area contributed by atoms with Crippen molar-refractivity contribution >= 4 is 11.8 Å². The summed E-state index contributed by atoms with van der Waals surface area (Å²) in [4.78, 5) is 28.5. The smallest absolute Gasteiger partial charge is 0.257 e. The highest BCUT2D eigenvalue weighted by molar-refractivity contribution is 5.95. The standard InChI is InChI=1S/C18H22N4O2/c1-13-16(11-20(3)19-13)18(24)21-9-10-22(14(2)23)17(12-21)15-7-5-4-6-8-15/h4-8,11,17H,9-10,12H2,1-3H3/t17-/m1/s1. The number of rotatable bonds is 2. The van der Waals surface area contributed by atoms with Crippen molar-refractivity contribution in [2.75, 3.05) is 19.6 Å². The van der Waals surface area contributed by atoms with Gasteiger partial charge in [-0.15, -0.1) is 0 Å². The Labute approximate surface area is 141 Å². The van der Waals surface area contributed by atoms with Gasteiger partial charge >= 0.3 is 0 Å². The SMILES string of the molecule is CC(=O)N1CCN(C(=O)c2cn(C)nc2C)C[C@@H]1c1ccccc1. The van der Waals surface area contributed by atoms with Crippen molar-refractivity contribution in [3.8, 4) is 0 Å². The maximum atomic E-state index is 12.9. The summed E-state index contributed by atoms with van der Waals surface area (Å²) in [7, 11) is 1.81. The Morgan fingerprint density at radius 1 is 1.17 bits per heavy atom. The van der Waals surface area contributed by atoms with E-state index in [-0.39, 0.29) is 17.9 Å². The number of aromatic nitrogens is 2. The van der Waals surface area contributed by atoms with E-state index in [1.54, 1.807) is 17.8 Å². The van der Waals surface area contributed by atoms with Gasteiger partial charge in [-0.25, -0.2) is 0 Å². The molecule has 0 N–H and O–H groups in total. The highest BCUT2D eigenvalue weighted by atomic mass is 16.2. The van der Waals surface area contributed by atoms with Gasteiger partial charge in [0, 0.05) is 39.8 Å². The number of hydrogen-bond donors (Lipinski definition) is 0. The van der Waals surface area contributed by atoms with Crippen molar-refractivity contribution in [2.45, 2.75) is 19.9 Å². The van der Waals surface area contributed by atoms with Crippen LogP contribution in [0.4, 0.5) is 0 Å². The van der Waals surface area contributed by atoms with Crippen LogP contribution >= 0.6 is 0 Å². The minimum absolute atomic E-state index is 0.0234. The second-order valence-electron chi connectivity index (χ2n) is 6.19. The van der Waals surface area contributed by atoms with Gasteiger partial charge in [-0.05, 0) is 12.5 Å². The topological polar surface area (TPSA) is 58.4 Å². The van der Waals surface area contributed by atoms with Crippen LogP contribution in [0.5, 0.6) is 0 Å². The Balaban J connectivity index is 1.86. The first kappa shape index (κ1) is 16.2. The number of amides is 2. The van der Waals surface area contributed by atoms with Crippen LogP contribution in [-0.2, 0) is 11.8 Å². The quantitative estimate of drug-likeness (QED) is 0.845. The molecule has 1 aromatic heterocycles. The number of hydrogen-bond acceptors (Lipinski definition) is 3. The molecule has 0 aliphatic carbocycles. The molecule has 0 unspecified atom stereocenters. The molecule has 0 bridgehead atoms. The van der Waals surface area contributed by atoms with Crippen LogP contribution in [0.25, 0.3) is 0 Å². The van der Waals surface area contributed by atoms with Crippen molar-refractivity contribution < 1.29 is 9.59 Å². The molecule has 1 aromatic carbocycles. The molecule has 0 radical (unpaired) electrons. The molecule has 2 amide bonds. The fourth-order valence-electron chi connectivity index (χ4n) is 3.28. The second kappa shape index (κ2) is 6.47. The Hall–Kier alpha value is -2.63. The fraction of sp³-hybridized carbons (Fsp3) is 0.389. The van der Waals surface area contributed by atoms with Gasteiger partial charge in [0.25, 0.3) is 5.91 Å². The number of aryl methyl sites for hydroxylation is 2. The van der Waals surface area contributed by atoms with Crippen LogP contribution in [0.1, 0.15) is 34.6 Å². The molecule has 1 aliphatic heterocycles. The van der Waals surface area contributed by atoms with E-state index in [4.69, 9.17) is 0 Å². The van der Waals surface area contributed by atoms with Gasteiger partial charge in [0.1, 0.15) is 0 Å². The summed E-state index contributed by atoms with van der Waals surface area (Å²) in [5.41, 5.74) is 2.40. The molecule has 1 fully saturated rings. The molecule has 0 saturated carbocycles. The molecule has 126 valence electrons. The van der Waals surface area contributed by atoms with Crippen molar-refractivity contribution in [3.63, 3.8) is 0 Å². The van der Waals surface area contributed by atoms with Crippen LogP contribution in [0, 0.1) is 6.92 Å². The third kappa shape index (κ3) is 3.04. The Morgan fingerprint density at radius 3 is 2.46 bits per heavy atom. The molecular formula is C18H22N4O2. The van der Waals surface area contributed by atoms with E-state index >= 15 is 0 Å². The van der Waals surface area contributed by atoms with Gasteiger partial charge < -0.3 is 9.80 Å². The summed E-state index contributed by atoms with van der Waals surface area (Å²) >= 11 is 0. The van der Waals surface area contributed by atoms with E-state index < -0.39 is 0 Å². The van der Waals surface area contributed by atoms with Gasteiger partial charge in [0.05, 0.1) is 17.3 Å². The predicted octanol–water partition coefficient (Wildman–Crippen LogP) is 1.77. The van der Waals surface area contributed by atoms with Crippen LogP contribution in [0.3, 0.4) is 0 Å². The van der Waals surface area contributed by atoms with E-state index in [0.717, 1.165) is 11.3 Å². The van der Waals surface area contributed by atoms with Gasteiger partial charge in [0.2, 0.25) is 5.91 Å². The zero-order valence-corrected chi connectivity index (χ0v) is 14.3. The first-order valence-electron chi connectivity index (χ1n) is 8.09. The average molecular weight is 326 g/mol. The highest BCUT2D eigenvalue weighted by Gasteiger charge is 2.33. The van der Waals surface area contributed by atoms with Crippen LogP contribution in [0.15, 0.2) is 36.5 Å². The Kier molecular flexibility index (Phi) is 4.38. The highest BCUT2D eigenvalue weighted by Crippen LogP contribution is 2.26. The molecule has 2 heterocycles. The van der Waals surface area contributed by atoms with E-state index in [1.807, 2.05) is 54.1 Å². The number of piperazine rings is 1. The molecule has 1 atom stereocenters. The molecule has 1 aliphatic rings. The van der Waals surface area contributed by atoms with Crippen LogP contribution in [0.2, 0.25) is 0 Å². The largest absolute Gasteiger partial charge is 0.334 e. The molecule has 3 rings (SSSR count). The van der Waals surface area contributed by atoms with Gasteiger partial charge in [0.15, 0.2) is 0 Å². The lowest BCUT2D eigenvalue weighted by Crippen LogP contribution is -2.51. The maximum absolute atomic E-state index is 12.9. The molecule has 1 saturated heterocycles. The lowest BCUT2D eigenvalue weighted by Gasteiger charge is -2.41. The van der Waals surface area contributed by atoms with E-state index in [9.17, 15) is 9.59 Å². The number of carbonyl (C=O) groups excluding carboxylic acids is 2. The monoisotopic (exact) mass is 326 g/mol. The lowest BCUT2D eigenvalue weighted by atomic mass is 10.0. The van der Waals surface area contributed by atoms with Crippen molar-refractivity contribution in [1.29, 1.82) is 0 Å². The molecule has 24 heavy (non-hydrogen) atoms. The summed E-state index contributed by atoms with van der Waals surface area (Å²) in [6.07, 6.45) is 1.76. The fourth-order valence-corrected chi connectivity index (χ4v) is 3.28. The summed E-state index contributed by atoms with van der Waals surface area (Å²) in [6, 6.07) is 9.76. The van der Waals surface area contributed by atoms with Crippen molar-refractivity contribution in [2.24, 2.45) is 7.05 Å². The van der Waals surface area contributed by atoms with Crippen LogP contribution in [-0.4, -0.2) is 51.0 Å². The molecular weight excluding hydrogens is 304 g/mol. The first-order chi connectivity index (χ1) is 11.5. The Bertz CT molecular complexity index is 754. The maximum Gasteiger partial charge on any atom is 0.257 e. The molecule has 6 nitrogen and oxygen atoms in total. The summed E-state index contributed by atoms with van der Waals surface area (Å²) < 4.78 is 1.66. The predicted molar refractivity (Wildman–Crippen MR) is 90.4 cm³/mol. The Morgan fingerprint density at radius 2 is 1.88 bits per heavy atom. The minimum atomic E-state index is -0.113. The lowest BCUT2D eigenvalue weighted by molar-refractivity contribution is -0.133. The molecule has 2 aromatic rings.